The van der Waals surface area contributed by atoms with Gasteiger partial charge in [0.05, 0.1) is 17.3 Å². The number of aliphatic imine (C=N–C) groups is 1. The Labute approximate surface area is 232 Å². The third-order valence-corrected chi connectivity index (χ3v) is 8.44. The van der Waals surface area contributed by atoms with Gasteiger partial charge in [0.1, 0.15) is 17.4 Å². The van der Waals surface area contributed by atoms with Crippen LogP contribution in [0.4, 0.5) is 0 Å². The van der Waals surface area contributed by atoms with E-state index in [1.165, 1.54) is 44.4 Å². The van der Waals surface area contributed by atoms with Crippen molar-refractivity contribution in [1.29, 1.82) is 5.26 Å². The number of nitriles is 1. The summed E-state index contributed by atoms with van der Waals surface area (Å²) in [6.07, 6.45) is 17.7. The first-order valence-corrected chi connectivity index (χ1v) is 14.1. The molecule has 4 heteroatoms. The van der Waals surface area contributed by atoms with Gasteiger partial charge in [-0.3, -0.25) is 4.99 Å². The molecule has 0 bridgehead atoms. The van der Waals surface area contributed by atoms with Crippen LogP contribution in [0.2, 0.25) is 0 Å². The van der Waals surface area contributed by atoms with Crippen LogP contribution in [0.1, 0.15) is 47.4 Å². The standard InChI is InChI=1S/C36H27N3O/c37-21-26-17-16-25(22-38-26)23-8-7-9-24(18-23)27-10-1-4-13-32(27)39-33-14-5-2-11-28(33)30-19-31-29-12-3-6-15-35(29)40-36(31)20-34(30)39/h1-4,7-13,16,18-20,22,26H,5-6,14-15,17H2. The van der Waals surface area contributed by atoms with Crippen LogP contribution in [0.3, 0.4) is 0 Å². The Balaban J connectivity index is 1.33. The van der Waals surface area contributed by atoms with Crippen molar-refractivity contribution in [3.63, 3.8) is 0 Å². The Bertz CT molecular complexity index is 2000. The van der Waals surface area contributed by atoms with Crippen molar-refractivity contribution in [2.45, 2.75) is 38.1 Å². The molecule has 0 N–H and O–H groups in total. The maximum absolute atomic E-state index is 9.21. The number of dihydropyridines is 1. The molecule has 40 heavy (non-hydrogen) atoms. The van der Waals surface area contributed by atoms with E-state index in [1.807, 2.05) is 6.21 Å². The van der Waals surface area contributed by atoms with Gasteiger partial charge in [0.15, 0.2) is 0 Å². The van der Waals surface area contributed by atoms with Crippen LogP contribution in [0.15, 0.2) is 88.3 Å². The number of aromatic nitrogens is 1. The van der Waals surface area contributed by atoms with Crippen LogP contribution in [-0.4, -0.2) is 16.8 Å². The van der Waals surface area contributed by atoms with E-state index >= 15 is 0 Å². The van der Waals surface area contributed by atoms with Crippen LogP contribution in [0.25, 0.3) is 56.4 Å². The number of para-hydroxylation sites is 1. The van der Waals surface area contributed by atoms with Gasteiger partial charge in [-0.25, -0.2) is 0 Å². The van der Waals surface area contributed by atoms with E-state index in [0.29, 0.717) is 6.42 Å². The largest absolute Gasteiger partial charge is 0.460 e. The molecule has 0 amide bonds. The van der Waals surface area contributed by atoms with Gasteiger partial charge in [0.25, 0.3) is 0 Å². The van der Waals surface area contributed by atoms with E-state index < -0.39 is 0 Å². The van der Waals surface area contributed by atoms with Gasteiger partial charge in [-0.1, -0.05) is 66.8 Å². The van der Waals surface area contributed by atoms with Crippen molar-refractivity contribution in [3.05, 3.63) is 107 Å². The fourth-order valence-corrected chi connectivity index (χ4v) is 6.52. The lowest BCUT2D eigenvalue weighted by atomic mass is 9.96. The molecule has 4 nitrogen and oxygen atoms in total. The lowest BCUT2D eigenvalue weighted by Crippen LogP contribution is -2.06. The second-order valence-corrected chi connectivity index (χ2v) is 10.8. The molecule has 0 saturated heterocycles. The highest BCUT2D eigenvalue weighted by atomic mass is 16.3. The fraction of sp³-hybridized carbons (Fsp3) is 0.167. The average Bonchev–Trinajstić information content (AvgIpc) is 3.55. The average molecular weight is 518 g/mol. The van der Waals surface area contributed by atoms with E-state index in [1.54, 1.807) is 0 Å². The Hall–Kier alpha value is -4.88. The molecule has 5 aromatic rings. The number of aryl methyl sites for hydroxylation is 1. The number of fused-ring (bicyclic) bond motifs is 6. The zero-order valence-electron chi connectivity index (χ0n) is 22.1. The zero-order chi connectivity index (χ0) is 26.6. The molecule has 192 valence electrons. The summed E-state index contributed by atoms with van der Waals surface area (Å²) in [5, 5.41) is 11.7. The summed E-state index contributed by atoms with van der Waals surface area (Å²) >= 11 is 0. The summed E-state index contributed by atoms with van der Waals surface area (Å²) in [4.78, 5) is 4.42. The molecule has 1 unspecified atom stereocenters. The smallest absolute Gasteiger partial charge is 0.140 e. The van der Waals surface area contributed by atoms with E-state index in [2.05, 4.69) is 107 Å². The van der Waals surface area contributed by atoms with Gasteiger partial charge in [0, 0.05) is 58.3 Å². The molecule has 1 atom stereocenters. The molecular weight excluding hydrogens is 490 g/mol. The van der Waals surface area contributed by atoms with Crippen LogP contribution in [0, 0.1) is 11.3 Å². The van der Waals surface area contributed by atoms with Gasteiger partial charge >= 0.3 is 0 Å². The second-order valence-electron chi connectivity index (χ2n) is 10.8. The number of hydrogen-bond donors (Lipinski definition) is 0. The molecule has 1 aliphatic heterocycles. The summed E-state index contributed by atoms with van der Waals surface area (Å²) in [6, 6.07) is 23.9. The van der Waals surface area contributed by atoms with E-state index in [0.717, 1.165) is 53.7 Å². The topological polar surface area (TPSA) is 54.2 Å². The summed E-state index contributed by atoms with van der Waals surface area (Å²) in [7, 11) is 0. The van der Waals surface area contributed by atoms with Crippen LogP contribution in [0.5, 0.6) is 0 Å². The first kappa shape index (κ1) is 23.0. The monoisotopic (exact) mass is 517 g/mol. The Morgan fingerprint density at radius 1 is 0.875 bits per heavy atom. The summed E-state index contributed by atoms with van der Waals surface area (Å²) in [6.45, 7) is 0. The molecule has 0 radical (unpaired) electrons. The molecule has 0 fully saturated rings. The lowest BCUT2D eigenvalue weighted by molar-refractivity contribution is 0.546. The van der Waals surface area contributed by atoms with E-state index in [4.69, 9.17) is 4.42 Å². The Kier molecular flexibility index (Phi) is 5.24. The predicted molar refractivity (Wildman–Crippen MR) is 164 cm³/mol. The molecule has 0 spiro atoms. The van der Waals surface area contributed by atoms with Gasteiger partial charge in [-0.15, -0.1) is 0 Å². The molecule has 0 saturated carbocycles. The van der Waals surface area contributed by atoms with Crippen LogP contribution in [-0.2, 0) is 12.8 Å². The Morgan fingerprint density at radius 3 is 2.60 bits per heavy atom. The highest BCUT2D eigenvalue weighted by Crippen LogP contribution is 2.41. The zero-order valence-corrected chi connectivity index (χ0v) is 22.1. The van der Waals surface area contributed by atoms with Crippen molar-refractivity contribution in [2.24, 2.45) is 4.99 Å². The number of benzene rings is 3. The third kappa shape index (κ3) is 3.55. The molecular formula is C36H27N3O. The molecule has 8 rings (SSSR count). The number of hydrogen-bond acceptors (Lipinski definition) is 3. The molecule has 3 aliphatic rings. The van der Waals surface area contributed by atoms with Crippen molar-refractivity contribution in [3.8, 4) is 22.9 Å². The maximum Gasteiger partial charge on any atom is 0.140 e. The number of allylic oxidation sites excluding steroid dienone is 3. The fourth-order valence-electron chi connectivity index (χ4n) is 6.52. The lowest BCUT2D eigenvalue weighted by Gasteiger charge is -2.18. The minimum atomic E-state index is -0.280. The van der Waals surface area contributed by atoms with Crippen molar-refractivity contribution in [2.75, 3.05) is 0 Å². The van der Waals surface area contributed by atoms with Gasteiger partial charge < -0.3 is 8.98 Å². The first-order chi connectivity index (χ1) is 19.8. The second kappa shape index (κ2) is 9.10. The van der Waals surface area contributed by atoms with Crippen molar-refractivity contribution in [1.82, 2.24) is 4.57 Å². The number of furan rings is 1. The minimum absolute atomic E-state index is 0.280. The molecule has 2 aliphatic carbocycles. The summed E-state index contributed by atoms with van der Waals surface area (Å²) < 4.78 is 8.88. The van der Waals surface area contributed by atoms with Crippen LogP contribution < -0.4 is 0 Å². The van der Waals surface area contributed by atoms with E-state index in [9.17, 15) is 5.26 Å². The summed E-state index contributed by atoms with van der Waals surface area (Å²) in [5.41, 5.74) is 11.8. The highest BCUT2D eigenvalue weighted by molar-refractivity contribution is 6.11. The minimum Gasteiger partial charge on any atom is -0.460 e. The van der Waals surface area contributed by atoms with Gasteiger partial charge in [-0.2, -0.15) is 5.26 Å². The number of rotatable bonds is 3. The van der Waals surface area contributed by atoms with Crippen molar-refractivity contribution >= 4 is 45.8 Å². The number of nitrogens with zero attached hydrogens (tertiary/aromatic N) is 3. The predicted octanol–water partition coefficient (Wildman–Crippen LogP) is 8.71. The van der Waals surface area contributed by atoms with Gasteiger partial charge in [-0.05, 0) is 54.2 Å². The highest BCUT2D eigenvalue weighted by Gasteiger charge is 2.24. The third-order valence-electron chi connectivity index (χ3n) is 8.44. The molecule has 2 aromatic heterocycles. The van der Waals surface area contributed by atoms with Crippen LogP contribution >= 0.6 is 0 Å². The molecule has 3 aromatic carbocycles. The molecule has 3 heterocycles. The van der Waals surface area contributed by atoms with E-state index in [-0.39, 0.29) is 6.04 Å². The quantitative estimate of drug-likeness (QED) is 0.240. The van der Waals surface area contributed by atoms with Crippen molar-refractivity contribution < 1.29 is 4.42 Å². The summed E-state index contributed by atoms with van der Waals surface area (Å²) in [5.74, 6) is 1.10. The SMILES string of the molecule is N#CC1CC=C(c2cccc(-c3ccccc3-n3c4c(c5cc6c7c(oc6cc53)CCC=C7)C=CCC4)c2)C=N1. The van der Waals surface area contributed by atoms with Gasteiger partial charge in [0.2, 0.25) is 0 Å². The normalized spacial score (nSPS) is 17.6. The Morgan fingerprint density at radius 2 is 1.73 bits per heavy atom. The first-order valence-electron chi connectivity index (χ1n) is 14.1. The maximum atomic E-state index is 9.21.